The van der Waals surface area contributed by atoms with Crippen LogP contribution in [-0.2, 0) is 4.79 Å². The van der Waals surface area contributed by atoms with Crippen molar-refractivity contribution in [3.63, 3.8) is 0 Å². The van der Waals surface area contributed by atoms with Crippen molar-refractivity contribution in [3.05, 3.63) is 22.4 Å². The Labute approximate surface area is 108 Å². The van der Waals surface area contributed by atoms with E-state index in [0.29, 0.717) is 17.8 Å². The molecule has 0 bridgehead atoms. The van der Waals surface area contributed by atoms with E-state index in [4.69, 9.17) is 5.11 Å². The van der Waals surface area contributed by atoms with Crippen LogP contribution in [0.5, 0.6) is 0 Å². The zero-order chi connectivity index (χ0) is 13.1. The number of amides is 2. The second kappa shape index (κ2) is 5.36. The van der Waals surface area contributed by atoms with E-state index in [-0.39, 0.29) is 6.54 Å². The molecule has 2 amide bonds. The molecule has 0 spiro atoms. The lowest BCUT2D eigenvalue weighted by Crippen LogP contribution is -2.42. The lowest BCUT2D eigenvalue weighted by atomic mass is 10.2. The topological polar surface area (TPSA) is 89.9 Å². The molecular formula is C11H14N2O4S. The number of carboxylic acid groups (broad SMARTS) is 1. The molecule has 0 aromatic carbocycles. The first-order valence-electron chi connectivity index (χ1n) is 5.57. The molecule has 0 radical (unpaired) electrons. The number of urea groups is 1. The molecule has 2 unspecified atom stereocenters. The number of nitrogens with zero attached hydrogens (tertiary/aromatic N) is 1. The van der Waals surface area contributed by atoms with Crippen molar-refractivity contribution in [2.75, 3.05) is 13.1 Å². The summed E-state index contributed by atoms with van der Waals surface area (Å²) in [6.45, 7) is 0.701. The third kappa shape index (κ3) is 2.80. The van der Waals surface area contributed by atoms with Crippen LogP contribution < -0.4 is 5.32 Å². The van der Waals surface area contributed by atoms with Crippen LogP contribution in [0.1, 0.15) is 17.3 Å². The summed E-state index contributed by atoms with van der Waals surface area (Å²) in [6.07, 6.45) is 0.0187. The van der Waals surface area contributed by atoms with Gasteiger partial charge in [-0.15, -0.1) is 11.3 Å². The smallest absolute Gasteiger partial charge is 0.331 e. The summed E-state index contributed by atoms with van der Waals surface area (Å²) < 4.78 is 0. The van der Waals surface area contributed by atoms with Crippen molar-refractivity contribution in [2.45, 2.75) is 18.6 Å². The first-order valence-corrected chi connectivity index (χ1v) is 6.45. The monoisotopic (exact) mass is 270 g/mol. The number of aliphatic carboxylic acids is 1. The number of likely N-dealkylation sites (tertiary alicyclic amines) is 1. The molecule has 3 N–H and O–H groups in total. The Hall–Kier alpha value is -1.60. The van der Waals surface area contributed by atoms with Crippen molar-refractivity contribution in [3.8, 4) is 0 Å². The number of hydrogen-bond donors (Lipinski definition) is 3. The van der Waals surface area contributed by atoms with Gasteiger partial charge >= 0.3 is 12.0 Å². The van der Waals surface area contributed by atoms with Crippen LogP contribution in [0, 0.1) is 0 Å². The average Bonchev–Trinajstić information content (AvgIpc) is 2.95. The number of rotatable bonds is 3. The highest BCUT2D eigenvalue weighted by atomic mass is 32.1. The van der Waals surface area contributed by atoms with E-state index in [2.05, 4.69) is 5.32 Å². The number of carboxylic acids is 1. The van der Waals surface area contributed by atoms with Crippen LogP contribution in [0.15, 0.2) is 17.5 Å². The molecule has 1 aliphatic rings. The summed E-state index contributed by atoms with van der Waals surface area (Å²) in [4.78, 5) is 25.0. The van der Waals surface area contributed by atoms with E-state index in [1.807, 2.05) is 0 Å². The number of thiophene rings is 1. The van der Waals surface area contributed by atoms with Crippen LogP contribution in [-0.4, -0.2) is 46.3 Å². The van der Waals surface area contributed by atoms with Crippen molar-refractivity contribution >= 4 is 23.3 Å². The minimum Gasteiger partial charge on any atom is -0.479 e. The van der Waals surface area contributed by atoms with Crippen molar-refractivity contribution in [1.29, 1.82) is 0 Å². The van der Waals surface area contributed by atoms with Crippen LogP contribution in [0.3, 0.4) is 0 Å². The van der Waals surface area contributed by atoms with Crippen LogP contribution >= 0.6 is 11.3 Å². The number of carbonyl (C=O) groups excluding carboxylic acids is 1. The Morgan fingerprint density at radius 1 is 1.56 bits per heavy atom. The second-order valence-corrected chi connectivity index (χ2v) is 5.10. The molecule has 7 heteroatoms. The van der Waals surface area contributed by atoms with E-state index in [1.54, 1.807) is 17.5 Å². The van der Waals surface area contributed by atoms with Crippen LogP contribution in [0.25, 0.3) is 0 Å². The summed E-state index contributed by atoms with van der Waals surface area (Å²) in [5.74, 6) is -1.09. The predicted octanol–water partition coefficient (Wildman–Crippen LogP) is 0.650. The standard InChI is InChI=1S/C11H14N2O4S/c14-7-3-4-13(6-7)11(17)12-9(10(15)16)8-2-1-5-18-8/h1-2,5,7,9,14H,3-4,6H2,(H,12,17)(H,15,16). The summed E-state index contributed by atoms with van der Waals surface area (Å²) >= 11 is 1.28. The van der Waals surface area contributed by atoms with Crippen molar-refractivity contribution in [2.24, 2.45) is 0 Å². The Morgan fingerprint density at radius 2 is 2.33 bits per heavy atom. The zero-order valence-corrected chi connectivity index (χ0v) is 10.4. The molecule has 1 fully saturated rings. The minimum atomic E-state index is -1.09. The van der Waals surface area contributed by atoms with Crippen molar-refractivity contribution in [1.82, 2.24) is 10.2 Å². The Kier molecular flexibility index (Phi) is 3.83. The highest BCUT2D eigenvalue weighted by Gasteiger charge is 2.29. The molecular weight excluding hydrogens is 256 g/mol. The zero-order valence-electron chi connectivity index (χ0n) is 9.57. The molecule has 18 heavy (non-hydrogen) atoms. The molecule has 1 aromatic rings. The number of aliphatic hydroxyl groups is 1. The maximum absolute atomic E-state index is 11.8. The van der Waals surface area contributed by atoms with Gasteiger partial charge in [-0.3, -0.25) is 0 Å². The van der Waals surface area contributed by atoms with Gasteiger partial charge in [0.05, 0.1) is 6.10 Å². The molecule has 2 atom stereocenters. The van der Waals surface area contributed by atoms with E-state index in [1.165, 1.54) is 16.2 Å². The number of carbonyl (C=O) groups is 2. The third-order valence-corrected chi connectivity index (χ3v) is 3.73. The Balaban J connectivity index is 2.01. The molecule has 1 aromatic heterocycles. The summed E-state index contributed by atoms with van der Waals surface area (Å²) in [7, 11) is 0. The summed E-state index contributed by atoms with van der Waals surface area (Å²) in [5, 5.41) is 22.7. The molecule has 2 heterocycles. The quantitative estimate of drug-likeness (QED) is 0.752. The fraction of sp³-hybridized carbons (Fsp3) is 0.455. The number of hydrogen-bond acceptors (Lipinski definition) is 4. The Morgan fingerprint density at radius 3 is 2.83 bits per heavy atom. The average molecular weight is 270 g/mol. The molecule has 6 nitrogen and oxygen atoms in total. The summed E-state index contributed by atoms with van der Waals surface area (Å²) in [6, 6.07) is 1.92. The number of β-amino-alcohol motifs (C(OH)–C–C–N with tert-alkyl or cyclic N) is 1. The Bertz CT molecular complexity index is 434. The maximum Gasteiger partial charge on any atom is 0.331 e. The third-order valence-electron chi connectivity index (χ3n) is 2.79. The second-order valence-electron chi connectivity index (χ2n) is 4.12. The lowest BCUT2D eigenvalue weighted by Gasteiger charge is -2.19. The van der Waals surface area contributed by atoms with Gasteiger partial charge in [0.1, 0.15) is 0 Å². The largest absolute Gasteiger partial charge is 0.479 e. The van der Waals surface area contributed by atoms with Gasteiger partial charge in [-0.1, -0.05) is 6.07 Å². The normalized spacial score (nSPS) is 20.7. The molecule has 98 valence electrons. The van der Waals surface area contributed by atoms with Gasteiger partial charge in [0.2, 0.25) is 0 Å². The van der Waals surface area contributed by atoms with Gasteiger partial charge in [-0.2, -0.15) is 0 Å². The fourth-order valence-electron chi connectivity index (χ4n) is 1.85. The predicted molar refractivity (Wildman–Crippen MR) is 65.4 cm³/mol. The van der Waals surface area contributed by atoms with Gasteiger partial charge in [-0.25, -0.2) is 9.59 Å². The molecule has 0 aliphatic carbocycles. The fourth-order valence-corrected chi connectivity index (χ4v) is 2.62. The van der Waals surface area contributed by atoms with E-state index >= 15 is 0 Å². The van der Waals surface area contributed by atoms with Crippen molar-refractivity contribution < 1.29 is 19.8 Å². The van der Waals surface area contributed by atoms with Gasteiger partial charge in [-0.05, 0) is 17.9 Å². The van der Waals surface area contributed by atoms with Crippen LogP contribution in [0.4, 0.5) is 4.79 Å². The highest BCUT2D eigenvalue weighted by molar-refractivity contribution is 7.10. The van der Waals surface area contributed by atoms with E-state index in [9.17, 15) is 14.7 Å². The van der Waals surface area contributed by atoms with Gasteiger partial charge in [0.25, 0.3) is 0 Å². The first-order chi connectivity index (χ1) is 8.58. The van der Waals surface area contributed by atoms with Gasteiger partial charge in [0, 0.05) is 18.0 Å². The maximum atomic E-state index is 11.8. The van der Waals surface area contributed by atoms with Gasteiger partial charge < -0.3 is 20.4 Å². The molecule has 1 aliphatic heterocycles. The number of aliphatic hydroxyl groups excluding tert-OH is 1. The van der Waals surface area contributed by atoms with E-state index in [0.717, 1.165) is 0 Å². The van der Waals surface area contributed by atoms with Crippen LogP contribution in [0.2, 0.25) is 0 Å². The SMILES string of the molecule is O=C(O)C(NC(=O)N1CCC(O)C1)c1cccs1. The molecule has 2 rings (SSSR count). The minimum absolute atomic E-state index is 0.253. The van der Waals surface area contributed by atoms with Gasteiger partial charge in [0.15, 0.2) is 6.04 Å². The summed E-state index contributed by atoms with van der Waals surface area (Å²) in [5.41, 5.74) is 0. The first kappa shape index (κ1) is 12.8. The lowest BCUT2D eigenvalue weighted by molar-refractivity contribution is -0.139. The molecule has 1 saturated heterocycles. The van der Waals surface area contributed by atoms with E-state index < -0.39 is 24.1 Å². The molecule has 0 saturated carbocycles. The number of nitrogens with one attached hydrogen (secondary N) is 1. The highest BCUT2D eigenvalue weighted by Crippen LogP contribution is 2.20.